The van der Waals surface area contributed by atoms with Gasteiger partial charge in [0.05, 0.1) is 16.0 Å². The van der Waals surface area contributed by atoms with Crippen molar-refractivity contribution in [1.82, 2.24) is 8.87 Å². The number of anilines is 1. The number of likely N-dealkylation sites (N-methyl/N-ethyl adjacent to an activating group) is 1. The van der Waals surface area contributed by atoms with E-state index >= 15 is 0 Å². The number of benzene rings is 2. The van der Waals surface area contributed by atoms with Gasteiger partial charge in [-0.05, 0) is 61.5 Å². The molecular weight excluding hydrogens is 415 g/mol. The van der Waals surface area contributed by atoms with Crippen LogP contribution in [-0.4, -0.2) is 37.4 Å². The number of halogens is 3. The number of fused-ring (bicyclic) bond motifs is 1. The Morgan fingerprint density at radius 2 is 1.77 bits per heavy atom. The van der Waals surface area contributed by atoms with E-state index in [0.29, 0.717) is 24.2 Å². The Morgan fingerprint density at radius 3 is 2.37 bits per heavy atom. The highest BCUT2D eigenvalue weighted by molar-refractivity contribution is 7.90. The number of nitrogen functional groups attached to an aromatic ring is 1. The molecule has 0 spiro atoms. The molecule has 5 nitrogen and oxygen atoms in total. The number of nitrogens with two attached hydrogens (primary N) is 1. The molecule has 2 N–H and O–H groups in total. The zero-order chi connectivity index (χ0) is 21.7. The summed E-state index contributed by atoms with van der Waals surface area (Å²) in [5, 5.41) is 0.264. The van der Waals surface area contributed by atoms with Gasteiger partial charge in [0.1, 0.15) is 0 Å². The third kappa shape index (κ3) is 3.59. The van der Waals surface area contributed by atoms with Crippen LogP contribution in [0.25, 0.3) is 16.5 Å². The largest absolute Gasteiger partial charge is 0.416 e. The summed E-state index contributed by atoms with van der Waals surface area (Å²) in [6.45, 7) is 1.38. The van der Waals surface area contributed by atoms with Crippen LogP contribution in [0.15, 0.2) is 59.6 Å². The molecule has 0 unspecified atom stereocenters. The van der Waals surface area contributed by atoms with E-state index in [1.54, 1.807) is 0 Å². The molecule has 3 aromatic rings. The number of aromatic nitrogens is 1. The first-order valence-corrected chi connectivity index (χ1v) is 10.7. The van der Waals surface area contributed by atoms with Gasteiger partial charge in [-0.25, -0.2) is 12.4 Å². The molecule has 0 aliphatic carbocycles. The number of nitrogens with zero attached hydrogens (tertiary/aromatic N) is 2. The molecule has 0 amide bonds. The van der Waals surface area contributed by atoms with Crippen molar-refractivity contribution in [3.63, 3.8) is 0 Å². The average molecular weight is 435 g/mol. The van der Waals surface area contributed by atoms with Crippen molar-refractivity contribution < 1.29 is 21.6 Å². The summed E-state index contributed by atoms with van der Waals surface area (Å²) in [4.78, 5) is 2.09. The average Bonchev–Trinajstić information content (AvgIpc) is 3.08. The molecule has 1 aliphatic heterocycles. The summed E-state index contributed by atoms with van der Waals surface area (Å²) in [6.07, 6.45) is -0.551. The number of alkyl halides is 3. The fourth-order valence-electron chi connectivity index (χ4n) is 3.60. The molecule has 0 radical (unpaired) electrons. The van der Waals surface area contributed by atoms with Crippen LogP contribution < -0.4 is 5.73 Å². The van der Waals surface area contributed by atoms with Gasteiger partial charge in [0, 0.05) is 35.9 Å². The predicted molar refractivity (Wildman–Crippen MR) is 110 cm³/mol. The molecule has 0 fully saturated rings. The van der Waals surface area contributed by atoms with E-state index in [2.05, 4.69) is 4.90 Å². The van der Waals surface area contributed by atoms with E-state index in [1.807, 2.05) is 13.1 Å². The minimum absolute atomic E-state index is 0.0115. The molecule has 0 atom stereocenters. The summed E-state index contributed by atoms with van der Waals surface area (Å²) in [6, 6.07) is 8.86. The lowest BCUT2D eigenvalue weighted by Gasteiger charge is -2.21. The van der Waals surface area contributed by atoms with Crippen molar-refractivity contribution in [2.24, 2.45) is 0 Å². The third-order valence-electron chi connectivity index (χ3n) is 5.29. The lowest BCUT2D eigenvalue weighted by atomic mass is 9.98. The topological polar surface area (TPSA) is 68.3 Å². The first-order chi connectivity index (χ1) is 14.1. The molecule has 0 saturated carbocycles. The maximum atomic E-state index is 13.3. The fourth-order valence-corrected chi connectivity index (χ4v) is 4.97. The van der Waals surface area contributed by atoms with Crippen LogP contribution >= 0.6 is 0 Å². The Kier molecular flexibility index (Phi) is 4.90. The molecule has 0 saturated heterocycles. The van der Waals surface area contributed by atoms with Gasteiger partial charge in [0.15, 0.2) is 0 Å². The molecular formula is C21H20F3N3O2S. The van der Waals surface area contributed by atoms with Gasteiger partial charge >= 0.3 is 6.18 Å². The second-order valence-electron chi connectivity index (χ2n) is 7.38. The second kappa shape index (κ2) is 7.17. The lowest BCUT2D eigenvalue weighted by Crippen LogP contribution is -2.23. The van der Waals surface area contributed by atoms with Gasteiger partial charge in [-0.3, -0.25) is 0 Å². The van der Waals surface area contributed by atoms with Gasteiger partial charge in [-0.1, -0.05) is 6.08 Å². The predicted octanol–water partition coefficient (Wildman–Crippen LogP) is 4.20. The van der Waals surface area contributed by atoms with Crippen molar-refractivity contribution in [3.8, 4) is 0 Å². The van der Waals surface area contributed by atoms with Crippen molar-refractivity contribution in [2.45, 2.75) is 17.5 Å². The summed E-state index contributed by atoms with van der Waals surface area (Å²) in [5.41, 5.74) is 6.80. The van der Waals surface area contributed by atoms with Crippen LogP contribution in [-0.2, 0) is 16.2 Å². The number of hydrogen-bond donors (Lipinski definition) is 1. The monoisotopic (exact) mass is 435 g/mol. The van der Waals surface area contributed by atoms with Crippen LogP contribution in [0, 0.1) is 0 Å². The molecule has 2 aromatic carbocycles. The Bertz CT molecular complexity index is 1240. The van der Waals surface area contributed by atoms with Crippen LogP contribution in [0.5, 0.6) is 0 Å². The second-order valence-corrected chi connectivity index (χ2v) is 9.20. The highest BCUT2D eigenvalue weighted by Gasteiger charge is 2.32. The molecule has 1 aliphatic rings. The quantitative estimate of drug-likeness (QED) is 0.626. The van der Waals surface area contributed by atoms with E-state index in [1.165, 1.54) is 36.5 Å². The van der Waals surface area contributed by atoms with Crippen LogP contribution in [0.4, 0.5) is 18.9 Å². The van der Waals surface area contributed by atoms with E-state index in [9.17, 15) is 21.6 Å². The Labute approximate surface area is 172 Å². The molecule has 1 aromatic heterocycles. The van der Waals surface area contributed by atoms with E-state index < -0.39 is 21.8 Å². The molecule has 2 heterocycles. The van der Waals surface area contributed by atoms with Crippen molar-refractivity contribution in [2.75, 3.05) is 25.9 Å². The Hall–Kier alpha value is -2.78. The molecule has 158 valence electrons. The highest BCUT2D eigenvalue weighted by Crippen LogP contribution is 2.37. The number of rotatable bonds is 3. The molecule has 30 heavy (non-hydrogen) atoms. The normalized spacial score (nSPS) is 16.1. The smallest absolute Gasteiger partial charge is 0.399 e. The Morgan fingerprint density at radius 1 is 1.07 bits per heavy atom. The van der Waals surface area contributed by atoms with Crippen LogP contribution in [0.1, 0.15) is 17.5 Å². The first-order valence-electron chi connectivity index (χ1n) is 9.29. The minimum atomic E-state index is -4.52. The number of hydrogen-bond acceptors (Lipinski definition) is 4. The molecule has 0 bridgehead atoms. The highest BCUT2D eigenvalue weighted by atomic mass is 32.2. The fraction of sp³-hybridized carbons (Fsp3) is 0.238. The maximum absolute atomic E-state index is 13.3. The van der Waals surface area contributed by atoms with Crippen molar-refractivity contribution in [1.29, 1.82) is 0 Å². The van der Waals surface area contributed by atoms with Gasteiger partial charge < -0.3 is 10.6 Å². The Balaban J connectivity index is 1.96. The van der Waals surface area contributed by atoms with E-state index in [0.717, 1.165) is 28.2 Å². The minimum Gasteiger partial charge on any atom is -0.399 e. The van der Waals surface area contributed by atoms with E-state index in [-0.39, 0.29) is 15.8 Å². The van der Waals surface area contributed by atoms with Crippen molar-refractivity contribution >= 4 is 32.2 Å². The molecule has 9 heteroatoms. The zero-order valence-corrected chi connectivity index (χ0v) is 17.0. The summed E-state index contributed by atoms with van der Waals surface area (Å²) >= 11 is 0. The lowest BCUT2D eigenvalue weighted by molar-refractivity contribution is -0.137. The third-order valence-corrected chi connectivity index (χ3v) is 6.98. The molecule has 4 rings (SSSR count). The SMILES string of the molecule is CN1CC=C(c2cn(S(=O)(=O)c3ccc(N)cc3)c3ccc(C(F)(F)F)cc23)CC1. The van der Waals surface area contributed by atoms with E-state index in [4.69, 9.17) is 5.73 Å². The summed E-state index contributed by atoms with van der Waals surface area (Å²) in [5.74, 6) is 0. The zero-order valence-electron chi connectivity index (χ0n) is 16.1. The van der Waals surface area contributed by atoms with Crippen molar-refractivity contribution in [3.05, 3.63) is 65.9 Å². The van der Waals surface area contributed by atoms with Gasteiger partial charge in [0.2, 0.25) is 0 Å². The van der Waals surface area contributed by atoms with Gasteiger partial charge in [-0.15, -0.1) is 0 Å². The summed E-state index contributed by atoms with van der Waals surface area (Å²) in [7, 11) is -2.07. The first kappa shape index (κ1) is 20.5. The maximum Gasteiger partial charge on any atom is 0.416 e. The standard InChI is InChI=1S/C21H20F3N3O2S/c1-26-10-8-14(9-11-26)19-13-27(30(28,29)17-5-3-16(25)4-6-17)20-7-2-15(12-18(19)20)21(22,23)24/h2-8,12-13H,9-11,25H2,1H3. The van der Waals surface area contributed by atoms with Gasteiger partial charge in [-0.2, -0.15) is 13.2 Å². The van der Waals surface area contributed by atoms with Crippen LogP contribution in [0.3, 0.4) is 0 Å². The summed E-state index contributed by atoms with van der Waals surface area (Å²) < 4.78 is 67.6. The van der Waals surface area contributed by atoms with Gasteiger partial charge in [0.25, 0.3) is 10.0 Å². The van der Waals surface area contributed by atoms with Crippen LogP contribution in [0.2, 0.25) is 0 Å².